The molecule has 4 aromatic rings. The normalized spacial score (nSPS) is 12.6. The summed E-state index contributed by atoms with van der Waals surface area (Å²) in [6, 6.07) is 0. The van der Waals surface area contributed by atoms with E-state index in [2.05, 4.69) is 27.1 Å². The van der Waals surface area contributed by atoms with Crippen LogP contribution in [0.4, 0.5) is 13.2 Å². The minimum atomic E-state index is -4.61. The predicted octanol–water partition coefficient (Wildman–Crippen LogP) is 4.44. The Hall–Kier alpha value is -2.20. The largest absolute Gasteiger partial charge is 0.436 e. The highest BCUT2D eigenvalue weighted by Gasteiger charge is 2.38. The first-order valence-electron chi connectivity index (χ1n) is 8.13. The lowest BCUT2D eigenvalue weighted by atomic mass is 10.1. The third kappa shape index (κ3) is 2.87. The number of aryl methyl sites for hydroxylation is 2. The van der Waals surface area contributed by atoms with Crippen molar-refractivity contribution in [2.45, 2.75) is 39.9 Å². The van der Waals surface area contributed by atoms with E-state index >= 15 is 0 Å². The van der Waals surface area contributed by atoms with Gasteiger partial charge in [-0.25, -0.2) is 14.5 Å². The van der Waals surface area contributed by atoms with E-state index in [0.29, 0.717) is 11.5 Å². The van der Waals surface area contributed by atoms with Gasteiger partial charge in [-0.2, -0.15) is 18.3 Å². The highest BCUT2D eigenvalue weighted by molar-refractivity contribution is 7.18. The molecule has 0 aliphatic heterocycles. The summed E-state index contributed by atoms with van der Waals surface area (Å²) in [5.41, 5.74) is 0.913. The van der Waals surface area contributed by atoms with Crippen LogP contribution in [-0.2, 0) is 19.1 Å². The lowest BCUT2D eigenvalue weighted by molar-refractivity contribution is -0.141. The van der Waals surface area contributed by atoms with E-state index < -0.39 is 16.9 Å². The molecule has 4 heterocycles. The van der Waals surface area contributed by atoms with Crippen molar-refractivity contribution in [3.63, 3.8) is 0 Å². The summed E-state index contributed by atoms with van der Waals surface area (Å²) in [4.78, 5) is 11.0. The summed E-state index contributed by atoms with van der Waals surface area (Å²) in [6.45, 7) is 5.56. The van der Waals surface area contributed by atoms with E-state index in [1.807, 2.05) is 6.92 Å². The molecular weight excluding hydrogens is 401 g/mol. The van der Waals surface area contributed by atoms with E-state index in [-0.39, 0.29) is 12.2 Å². The fraction of sp³-hybridized carbons (Fsp3) is 0.375. The Labute approximate surface area is 160 Å². The molecule has 0 atom stereocenters. The van der Waals surface area contributed by atoms with Gasteiger partial charge in [0.25, 0.3) is 0 Å². The van der Waals surface area contributed by atoms with Gasteiger partial charge in [0.2, 0.25) is 0 Å². The summed E-state index contributed by atoms with van der Waals surface area (Å²) < 4.78 is 41.7. The lowest BCUT2D eigenvalue weighted by Crippen LogP contribution is -2.10. The fourth-order valence-corrected chi connectivity index (χ4v) is 4.41. The first-order valence-corrected chi connectivity index (χ1v) is 9.32. The third-order valence-corrected chi connectivity index (χ3v) is 5.93. The van der Waals surface area contributed by atoms with Gasteiger partial charge in [-0.15, -0.1) is 16.4 Å². The number of hydrogen-bond acceptors (Lipinski definition) is 5. The zero-order valence-electron chi connectivity index (χ0n) is 14.6. The Kier molecular flexibility index (Phi) is 4.15. The molecule has 0 bridgehead atoms. The molecule has 0 radical (unpaired) electrons. The summed E-state index contributed by atoms with van der Waals surface area (Å²) in [5, 5.41) is 8.48. The summed E-state index contributed by atoms with van der Waals surface area (Å²) in [6.07, 6.45) is -2.22. The van der Waals surface area contributed by atoms with Crippen molar-refractivity contribution in [2.24, 2.45) is 0 Å². The Bertz CT molecular complexity index is 1170. The Morgan fingerprint density at radius 2 is 1.96 bits per heavy atom. The van der Waals surface area contributed by atoms with Crippen LogP contribution in [0.25, 0.3) is 15.9 Å². The van der Waals surface area contributed by atoms with Crippen LogP contribution in [0, 0.1) is 13.8 Å². The van der Waals surface area contributed by atoms with E-state index in [4.69, 9.17) is 11.6 Å². The Morgan fingerprint density at radius 3 is 2.59 bits per heavy atom. The average Bonchev–Trinajstić information content (AvgIpc) is 3.22. The molecule has 11 heteroatoms. The maximum absolute atomic E-state index is 13.0. The molecule has 0 amide bonds. The molecule has 0 saturated carbocycles. The molecule has 0 aliphatic carbocycles. The third-order valence-electron chi connectivity index (χ3n) is 4.42. The van der Waals surface area contributed by atoms with Crippen molar-refractivity contribution in [3.8, 4) is 0 Å². The van der Waals surface area contributed by atoms with Gasteiger partial charge in [-0.3, -0.25) is 4.68 Å². The predicted molar refractivity (Wildman–Crippen MR) is 96.4 cm³/mol. The van der Waals surface area contributed by atoms with Gasteiger partial charge in [-0.1, -0.05) is 18.5 Å². The molecule has 4 rings (SSSR count). The molecule has 0 unspecified atom stereocenters. The van der Waals surface area contributed by atoms with Crippen LogP contribution in [0.3, 0.4) is 0 Å². The van der Waals surface area contributed by atoms with Crippen LogP contribution >= 0.6 is 22.9 Å². The highest BCUT2D eigenvalue weighted by Crippen LogP contribution is 2.35. The van der Waals surface area contributed by atoms with Gasteiger partial charge in [-0.05, 0) is 25.8 Å². The minimum Gasteiger partial charge on any atom is -0.260 e. The number of hydrogen-bond donors (Lipinski definition) is 0. The number of rotatable bonds is 3. The zero-order valence-corrected chi connectivity index (χ0v) is 16.2. The number of alkyl halides is 3. The molecule has 0 saturated heterocycles. The monoisotopic (exact) mass is 414 g/mol. The van der Waals surface area contributed by atoms with Crippen LogP contribution in [0.5, 0.6) is 0 Å². The van der Waals surface area contributed by atoms with E-state index in [1.54, 1.807) is 22.2 Å². The highest BCUT2D eigenvalue weighted by atomic mass is 35.5. The smallest absolute Gasteiger partial charge is 0.260 e. The van der Waals surface area contributed by atoms with Gasteiger partial charge in [0.05, 0.1) is 16.1 Å². The number of halogens is 4. The van der Waals surface area contributed by atoms with E-state index in [1.165, 1.54) is 16.5 Å². The van der Waals surface area contributed by atoms with Crippen LogP contribution in [0.1, 0.15) is 34.6 Å². The van der Waals surface area contributed by atoms with Crippen molar-refractivity contribution in [2.75, 3.05) is 0 Å². The molecule has 0 fully saturated rings. The van der Waals surface area contributed by atoms with Crippen LogP contribution in [-0.4, -0.2) is 29.4 Å². The number of aromatic nitrogens is 6. The molecule has 142 valence electrons. The van der Waals surface area contributed by atoms with Crippen molar-refractivity contribution in [1.82, 2.24) is 29.4 Å². The zero-order chi connectivity index (χ0) is 19.5. The van der Waals surface area contributed by atoms with Crippen molar-refractivity contribution in [1.29, 1.82) is 0 Å². The van der Waals surface area contributed by atoms with Crippen molar-refractivity contribution >= 4 is 38.8 Å². The molecule has 0 N–H and O–H groups in total. The van der Waals surface area contributed by atoms with Gasteiger partial charge in [0.1, 0.15) is 17.7 Å². The summed E-state index contributed by atoms with van der Waals surface area (Å²) in [7, 11) is 0. The summed E-state index contributed by atoms with van der Waals surface area (Å²) in [5.74, 6) is 0.339. The number of nitrogens with zero attached hydrogens (tertiary/aromatic N) is 6. The molecule has 0 aromatic carbocycles. The Morgan fingerprint density at radius 1 is 1.22 bits per heavy atom. The van der Waals surface area contributed by atoms with Crippen LogP contribution in [0.2, 0.25) is 5.02 Å². The standard InChI is InChI=1S/C16H14ClF3N6S/c1-4-9-8(3)27-15-11(9)14-22-10(23-26(14)6-21-15)5-25-7(2)12(17)13(24-25)16(18,19)20/h6H,4-5H2,1-3H3. The molecule has 4 aromatic heterocycles. The lowest BCUT2D eigenvalue weighted by Gasteiger charge is -2.01. The summed E-state index contributed by atoms with van der Waals surface area (Å²) >= 11 is 7.40. The molecule has 0 spiro atoms. The van der Waals surface area contributed by atoms with Crippen LogP contribution < -0.4 is 0 Å². The van der Waals surface area contributed by atoms with Crippen molar-refractivity contribution in [3.05, 3.63) is 39.0 Å². The van der Waals surface area contributed by atoms with Gasteiger partial charge in [0.15, 0.2) is 17.2 Å². The second-order valence-electron chi connectivity index (χ2n) is 6.11. The van der Waals surface area contributed by atoms with Crippen LogP contribution in [0.15, 0.2) is 6.33 Å². The minimum absolute atomic E-state index is 0.0185. The number of fused-ring (bicyclic) bond motifs is 3. The topological polar surface area (TPSA) is 60.9 Å². The van der Waals surface area contributed by atoms with Gasteiger partial charge < -0.3 is 0 Å². The molecule has 6 nitrogen and oxygen atoms in total. The van der Waals surface area contributed by atoms with E-state index in [9.17, 15) is 13.2 Å². The average molecular weight is 415 g/mol. The van der Waals surface area contributed by atoms with Crippen molar-refractivity contribution < 1.29 is 13.2 Å². The van der Waals surface area contributed by atoms with Gasteiger partial charge in [0, 0.05) is 4.88 Å². The fourth-order valence-electron chi connectivity index (χ4n) is 3.10. The van der Waals surface area contributed by atoms with Gasteiger partial charge >= 0.3 is 6.18 Å². The first-order chi connectivity index (χ1) is 12.7. The second-order valence-corrected chi connectivity index (χ2v) is 7.70. The Balaban J connectivity index is 1.81. The maximum Gasteiger partial charge on any atom is 0.436 e. The molecule has 0 aliphatic rings. The molecular formula is C16H14ClF3N6S. The molecule has 27 heavy (non-hydrogen) atoms. The quantitative estimate of drug-likeness (QED) is 0.497. The maximum atomic E-state index is 13.0. The number of thiophene rings is 1. The SMILES string of the molecule is CCc1c(C)sc2ncn3nc(Cn4nc(C(F)(F)F)c(Cl)c4C)nc3c12. The second kappa shape index (κ2) is 6.16. The van der Waals surface area contributed by atoms with E-state index in [0.717, 1.165) is 22.2 Å². The first kappa shape index (κ1) is 18.2.